The molecule has 1 atom stereocenters. The maximum Gasteiger partial charge on any atom is 0.227 e. The van der Waals surface area contributed by atoms with Crippen molar-refractivity contribution in [2.75, 3.05) is 32.1 Å². The molecule has 1 aliphatic heterocycles. The molecule has 1 heterocycles. The summed E-state index contributed by atoms with van der Waals surface area (Å²) >= 11 is 0. The van der Waals surface area contributed by atoms with Crippen molar-refractivity contribution in [3.05, 3.63) is 24.3 Å². The summed E-state index contributed by atoms with van der Waals surface area (Å²) in [6.07, 6.45) is 0.321. The van der Waals surface area contributed by atoms with Crippen molar-refractivity contribution in [1.29, 1.82) is 0 Å². The molecule has 2 amide bonds. The van der Waals surface area contributed by atoms with Crippen LogP contribution in [0.25, 0.3) is 0 Å². The van der Waals surface area contributed by atoms with Crippen molar-refractivity contribution in [3.63, 3.8) is 0 Å². The molecule has 1 fully saturated rings. The first kappa shape index (κ1) is 16.3. The molecule has 6 heteroatoms. The second kappa shape index (κ2) is 7.79. The predicted octanol–water partition coefficient (Wildman–Crippen LogP) is 0.995. The Morgan fingerprint density at radius 3 is 2.55 bits per heavy atom. The van der Waals surface area contributed by atoms with E-state index < -0.39 is 0 Å². The summed E-state index contributed by atoms with van der Waals surface area (Å²) in [5, 5.41) is 8.63. The van der Waals surface area contributed by atoms with Gasteiger partial charge in [0.05, 0.1) is 13.0 Å². The smallest absolute Gasteiger partial charge is 0.227 e. The normalized spacial score (nSPS) is 15.5. The van der Waals surface area contributed by atoms with E-state index in [1.807, 2.05) is 6.92 Å². The molecule has 1 saturated heterocycles. The van der Waals surface area contributed by atoms with E-state index >= 15 is 0 Å². The zero-order valence-electron chi connectivity index (χ0n) is 13.0. The molecule has 22 heavy (non-hydrogen) atoms. The van der Waals surface area contributed by atoms with Crippen LogP contribution in [0.4, 0.5) is 5.69 Å². The van der Waals surface area contributed by atoms with Gasteiger partial charge >= 0.3 is 0 Å². The lowest BCUT2D eigenvalue weighted by molar-refractivity contribution is -0.122. The molecular weight excluding hydrogens is 282 g/mol. The van der Waals surface area contributed by atoms with Gasteiger partial charge in [0.15, 0.2) is 0 Å². The van der Waals surface area contributed by atoms with Gasteiger partial charge in [0.1, 0.15) is 5.75 Å². The second-order valence-electron chi connectivity index (χ2n) is 5.49. The molecule has 1 aromatic carbocycles. The van der Waals surface area contributed by atoms with Gasteiger partial charge in [-0.1, -0.05) is 6.92 Å². The van der Waals surface area contributed by atoms with Crippen molar-refractivity contribution < 1.29 is 14.3 Å². The number of benzene rings is 1. The van der Waals surface area contributed by atoms with Crippen LogP contribution in [0.1, 0.15) is 13.3 Å². The van der Waals surface area contributed by atoms with Gasteiger partial charge in [-0.3, -0.25) is 9.59 Å². The molecule has 6 nitrogen and oxygen atoms in total. The minimum Gasteiger partial charge on any atom is -0.493 e. The lowest BCUT2D eigenvalue weighted by Crippen LogP contribution is -2.48. The highest BCUT2D eigenvalue weighted by atomic mass is 16.5. The van der Waals surface area contributed by atoms with E-state index in [4.69, 9.17) is 4.74 Å². The standard InChI is InChI=1S/C16H23N3O3/c1-11(12-9-18-10-12)16(21)19-13-3-5-14(6-4-13)22-8-7-15(20)17-2/h3-6,11-12,18H,7-10H2,1-2H3,(H,17,20)(H,19,21). The predicted molar refractivity (Wildman–Crippen MR) is 84.8 cm³/mol. The highest BCUT2D eigenvalue weighted by Crippen LogP contribution is 2.20. The van der Waals surface area contributed by atoms with E-state index in [0.29, 0.717) is 24.7 Å². The molecule has 2 rings (SSSR count). The molecular formula is C16H23N3O3. The molecule has 1 aliphatic rings. The summed E-state index contributed by atoms with van der Waals surface area (Å²) in [5.41, 5.74) is 0.753. The van der Waals surface area contributed by atoms with E-state index in [1.165, 1.54) is 0 Å². The third kappa shape index (κ3) is 4.46. The van der Waals surface area contributed by atoms with Gasteiger partial charge in [0.2, 0.25) is 11.8 Å². The Kier molecular flexibility index (Phi) is 5.77. The van der Waals surface area contributed by atoms with Crippen molar-refractivity contribution in [1.82, 2.24) is 10.6 Å². The molecule has 120 valence electrons. The number of hydrogen-bond acceptors (Lipinski definition) is 4. The van der Waals surface area contributed by atoms with Gasteiger partial charge in [-0.05, 0) is 43.3 Å². The minimum absolute atomic E-state index is 0.00438. The van der Waals surface area contributed by atoms with Gasteiger partial charge in [-0.15, -0.1) is 0 Å². The average Bonchev–Trinajstić information content (AvgIpc) is 2.47. The van der Waals surface area contributed by atoms with E-state index in [2.05, 4.69) is 16.0 Å². The number of amides is 2. The van der Waals surface area contributed by atoms with Gasteiger partial charge < -0.3 is 20.7 Å². The number of nitrogens with one attached hydrogen (secondary N) is 3. The average molecular weight is 305 g/mol. The Morgan fingerprint density at radius 2 is 2.00 bits per heavy atom. The molecule has 0 bridgehead atoms. The third-order valence-corrected chi connectivity index (χ3v) is 3.93. The molecule has 0 aromatic heterocycles. The van der Waals surface area contributed by atoms with Crippen LogP contribution in [0.3, 0.4) is 0 Å². The topological polar surface area (TPSA) is 79.5 Å². The van der Waals surface area contributed by atoms with E-state index in [1.54, 1.807) is 31.3 Å². The lowest BCUT2D eigenvalue weighted by Gasteiger charge is -2.31. The van der Waals surface area contributed by atoms with Gasteiger partial charge in [0.25, 0.3) is 0 Å². The summed E-state index contributed by atoms with van der Waals surface area (Å²) in [7, 11) is 1.60. The maximum atomic E-state index is 12.1. The van der Waals surface area contributed by atoms with Crippen LogP contribution in [0, 0.1) is 11.8 Å². The summed E-state index contributed by atoms with van der Waals surface area (Å²) < 4.78 is 5.47. The van der Waals surface area contributed by atoms with Crippen LogP contribution < -0.4 is 20.7 Å². The first-order chi connectivity index (χ1) is 10.6. The minimum atomic E-state index is -0.0524. The summed E-state index contributed by atoms with van der Waals surface area (Å²) in [4.78, 5) is 23.2. The number of carbonyl (C=O) groups excluding carboxylic acids is 2. The third-order valence-electron chi connectivity index (χ3n) is 3.93. The number of anilines is 1. The number of carbonyl (C=O) groups is 2. The lowest BCUT2D eigenvalue weighted by atomic mass is 9.88. The van der Waals surface area contributed by atoms with Crippen molar-refractivity contribution in [2.45, 2.75) is 13.3 Å². The highest BCUT2D eigenvalue weighted by molar-refractivity contribution is 5.92. The molecule has 0 radical (unpaired) electrons. The number of hydrogen-bond donors (Lipinski definition) is 3. The quantitative estimate of drug-likeness (QED) is 0.702. The molecule has 1 aromatic rings. The van der Waals surface area contributed by atoms with Crippen LogP contribution in [0.5, 0.6) is 5.75 Å². The highest BCUT2D eigenvalue weighted by Gasteiger charge is 2.28. The zero-order valence-corrected chi connectivity index (χ0v) is 13.0. The first-order valence-corrected chi connectivity index (χ1v) is 7.55. The van der Waals surface area contributed by atoms with E-state index in [0.717, 1.165) is 18.8 Å². The number of ether oxygens (including phenoxy) is 1. The van der Waals surface area contributed by atoms with Gasteiger partial charge in [-0.2, -0.15) is 0 Å². The van der Waals surface area contributed by atoms with Crippen molar-refractivity contribution in [2.24, 2.45) is 11.8 Å². The van der Waals surface area contributed by atoms with Crippen molar-refractivity contribution >= 4 is 17.5 Å². The Hall–Kier alpha value is -2.08. The number of rotatable bonds is 7. The Labute approximate surface area is 130 Å². The largest absolute Gasteiger partial charge is 0.493 e. The van der Waals surface area contributed by atoms with Crippen LogP contribution in [0.15, 0.2) is 24.3 Å². The zero-order chi connectivity index (χ0) is 15.9. The maximum absolute atomic E-state index is 12.1. The van der Waals surface area contributed by atoms with Gasteiger partial charge in [0, 0.05) is 18.7 Å². The fourth-order valence-corrected chi connectivity index (χ4v) is 2.16. The van der Waals surface area contributed by atoms with E-state index in [9.17, 15) is 9.59 Å². The molecule has 0 aliphatic carbocycles. The fourth-order valence-electron chi connectivity index (χ4n) is 2.16. The summed E-state index contributed by atoms with van der Waals surface area (Å²) in [5.74, 6) is 1.10. The first-order valence-electron chi connectivity index (χ1n) is 7.55. The molecule has 0 saturated carbocycles. The second-order valence-corrected chi connectivity index (χ2v) is 5.49. The summed E-state index contributed by atoms with van der Waals surface area (Å²) in [6, 6.07) is 7.18. The SMILES string of the molecule is CNC(=O)CCOc1ccc(NC(=O)C(C)C2CNC2)cc1. The molecule has 0 spiro atoms. The van der Waals surface area contributed by atoms with E-state index in [-0.39, 0.29) is 17.7 Å². The molecule has 1 unspecified atom stereocenters. The molecule has 3 N–H and O–H groups in total. The van der Waals surface area contributed by atoms with Crippen LogP contribution in [-0.2, 0) is 9.59 Å². The Bertz CT molecular complexity index is 512. The van der Waals surface area contributed by atoms with Crippen molar-refractivity contribution in [3.8, 4) is 5.75 Å². The van der Waals surface area contributed by atoms with Crippen LogP contribution >= 0.6 is 0 Å². The summed E-state index contributed by atoms with van der Waals surface area (Å²) in [6.45, 7) is 4.10. The monoisotopic (exact) mass is 305 g/mol. The van der Waals surface area contributed by atoms with Crippen LogP contribution in [-0.4, -0.2) is 38.6 Å². The van der Waals surface area contributed by atoms with Gasteiger partial charge in [-0.25, -0.2) is 0 Å². The Balaban J connectivity index is 1.78. The van der Waals surface area contributed by atoms with Crippen LogP contribution in [0.2, 0.25) is 0 Å². The Morgan fingerprint density at radius 1 is 1.32 bits per heavy atom. The fraction of sp³-hybridized carbons (Fsp3) is 0.500.